The maximum Gasteiger partial charge on any atom is 0.273 e. The van der Waals surface area contributed by atoms with Gasteiger partial charge in [0.1, 0.15) is 17.2 Å². The largest absolute Gasteiger partial charge is 0.318 e. The number of benzene rings is 1. The molecule has 0 saturated heterocycles. The number of nitrogens with zero attached hydrogens (tertiary/aromatic N) is 2. The zero-order valence-corrected chi connectivity index (χ0v) is 10.7. The molecule has 2 aliphatic rings. The first kappa shape index (κ1) is 11.8. The van der Waals surface area contributed by atoms with Crippen molar-refractivity contribution in [3.63, 3.8) is 0 Å². The lowest BCUT2D eigenvalue weighted by Crippen LogP contribution is -2.43. The number of hydrogen-bond donors (Lipinski definition) is 0. The molecule has 4 heteroatoms. The van der Waals surface area contributed by atoms with Crippen molar-refractivity contribution in [3.8, 4) is 0 Å². The van der Waals surface area contributed by atoms with Crippen molar-refractivity contribution in [2.24, 2.45) is 4.99 Å². The van der Waals surface area contributed by atoms with Crippen LogP contribution < -0.4 is 0 Å². The summed E-state index contributed by atoms with van der Waals surface area (Å²) in [6, 6.07) is 6.39. The molecule has 0 unspecified atom stereocenters. The Morgan fingerprint density at radius 2 is 2.05 bits per heavy atom. The van der Waals surface area contributed by atoms with Gasteiger partial charge in [-0.05, 0) is 49.3 Å². The van der Waals surface area contributed by atoms with E-state index < -0.39 is 5.54 Å². The molecular formula is C15H13FN2O. The second kappa shape index (κ2) is 3.88. The van der Waals surface area contributed by atoms with Crippen LogP contribution >= 0.6 is 0 Å². The summed E-state index contributed by atoms with van der Waals surface area (Å²) in [6.07, 6.45) is 5.48. The molecule has 1 amide bonds. The van der Waals surface area contributed by atoms with E-state index in [-0.39, 0.29) is 11.7 Å². The van der Waals surface area contributed by atoms with Crippen molar-refractivity contribution in [2.45, 2.75) is 19.4 Å². The molecule has 0 bridgehead atoms. The molecule has 0 spiro atoms. The van der Waals surface area contributed by atoms with Gasteiger partial charge in [0.2, 0.25) is 0 Å². The number of allylic oxidation sites excluding steroid dienone is 2. The van der Waals surface area contributed by atoms with Gasteiger partial charge in [0.15, 0.2) is 0 Å². The van der Waals surface area contributed by atoms with Gasteiger partial charge in [0.05, 0.1) is 0 Å². The van der Waals surface area contributed by atoms with Crippen LogP contribution in [0.25, 0.3) is 5.57 Å². The van der Waals surface area contributed by atoms with Crippen LogP contribution in [0.1, 0.15) is 19.4 Å². The highest BCUT2D eigenvalue weighted by Crippen LogP contribution is 2.31. The molecule has 1 aromatic carbocycles. The Morgan fingerprint density at radius 3 is 2.79 bits per heavy atom. The molecule has 0 N–H and O–H groups in total. The summed E-state index contributed by atoms with van der Waals surface area (Å²) in [5, 5.41) is 0. The maximum absolute atomic E-state index is 13.3. The van der Waals surface area contributed by atoms with E-state index >= 15 is 0 Å². The van der Waals surface area contributed by atoms with Crippen LogP contribution in [0.2, 0.25) is 0 Å². The number of aliphatic imine (C=N–C) groups is 1. The quantitative estimate of drug-likeness (QED) is 0.774. The molecule has 0 aromatic heterocycles. The number of carbonyl (C=O) groups is 1. The minimum atomic E-state index is -0.682. The van der Waals surface area contributed by atoms with Gasteiger partial charge in [-0.25, -0.2) is 4.39 Å². The van der Waals surface area contributed by atoms with E-state index in [9.17, 15) is 9.18 Å². The molecule has 1 aromatic rings. The number of carbonyl (C=O) groups excluding carboxylic acids is 1. The molecule has 0 saturated carbocycles. The Labute approximate surface area is 110 Å². The van der Waals surface area contributed by atoms with Crippen molar-refractivity contribution in [2.75, 3.05) is 0 Å². The fourth-order valence-electron chi connectivity index (χ4n) is 2.21. The predicted molar refractivity (Wildman–Crippen MR) is 71.9 cm³/mol. The molecule has 0 radical (unpaired) electrons. The van der Waals surface area contributed by atoms with E-state index in [0.717, 1.165) is 11.1 Å². The van der Waals surface area contributed by atoms with E-state index in [1.807, 2.05) is 37.1 Å². The van der Waals surface area contributed by atoms with E-state index in [4.69, 9.17) is 0 Å². The van der Waals surface area contributed by atoms with Crippen molar-refractivity contribution in [1.29, 1.82) is 0 Å². The first-order valence-corrected chi connectivity index (χ1v) is 6.07. The smallest absolute Gasteiger partial charge is 0.273 e. The number of hydrogen-bond acceptors (Lipinski definition) is 2. The fraction of sp³-hybridized carbons (Fsp3) is 0.200. The third-order valence-corrected chi connectivity index (χ3v) is 3.43. The number of halogens is 1. The van der Waals surface area contributed by atoms with E-state index in [1.54, 1.807) is 12.1 Å². The molecule has 2 aliphatic heterocycles. The predicted octanol–water partition coefficient (Wildman–Crippen LogP) is 2.76. The lowest BCUT2D eigenvalue weighted by Gasteiger charge is -2.30. The van der Waals surface area contributed by atoms with Crippen LogP contribution in [0.3, 0.4) is 0 Å². The Balaban J connectivity index is 2.04. The SMILES string of the molecule is CC1(C)C(=O)N=C2C=CC(c3cccc(F)c3)=CN21. The van der Waals surface area contributed by atoms with E-state index in [0.29, 0.717) is 5.84 Å². The highest BCUT2D eigenvalue weighted by molar-refractivity contribution is 6.13. The van der Waals surface area contributed by atoms with Crippen molar-refractivity contribution in [3.05, 3.63) is 54.0 Å². The summed E-state index contributed by atoms with van der Waals surface area (Å²) < 4.78 is 13.3. The Morgan fingerprint density at radius 1 is 1.26 bits per heavy atom. The highest BCUT2D eigenvalue weighted by Gasteiger charge is 2.41. The first-order valence-electron chi connectivity index (χ1n) is 6.07. The number of amides is 1. The molecule has 2 heterocycles. The summed E-state index contributed by atoms with van der Waals surface area (Å²) >= 11 is 0. The van der Waals surface area contributed by atoms with Crippen molar-refractivity contribution >= 4 is 17.3 Å². The van der Waals surface area contributed by atoms with Crippen LogP contribution in [0.4, 0.5) is 4.39 Å². The topological polar surface area (TPSA) is 32.7 Å². The van der Waals surface area contributed by atoms with Crippen LogP contribution in [0, 0.1) is 5.82 Å². The van der Waals surface area contributed by atoms with Gasteiger partial charge in [-0.1, -0.05) is 12.1 Å². The molecule has 96 valence electrons. The highest BCUT2D eigenvalue weighted by atomic mass is 19.1. The van der Waals surface area contributed by atoms with Gasteiger partial charge in [-0.15, -0.1) is 0 Å². The fourth-order valence-corrected chi connectivity index (χ4v) is 2.21. The first-order chi connectivity index (χ1) is 8.98. The van der Waals surface area contributed by atoms with Gasteiger partial charge in [0.25, 0.3) is 5.91 Å². The van der Waals surface area contributed by atoms with Crippen LogP contribution in [0.5, 0.6) is 0 Å². The van der Waals surface area contributed by atoms with Crippen molar-refractivity contribution < 1.29 is 9.18 Å². The Kier molecular flexibility index (Phi) is 2.42. The van der Waals surface area contributed by atoms with Crippen LogP contribution in [-0.4, -0.2) is 22.2 Å². The van der Waals surface area contributed by atoms with Gasteiger partial charge < -0.3 is 4.90 Å². The molecule has 0 fully saturated rings. The lowest BCUT2D eigenvalue weighted by atomic mass is 10.00. The number of amidine groups is 1. The summed E-state index contributed by atoms with van der Waals surface area (Å²) in [5.74, 6) is 0.196. The van der Waals surface area contributed by atoms with Crippen LogP contribution in [-0.2, 0) is 4.79 Å². The summed E-state index contributed by atoms with van der Waals surface area (Å²) in [7, 11) is 0. The maximum atomic E-state index is 13.3. The molecule has 0 aliphatic carbocycles. The lowest BCUT2D eigenvalue weighted by molar-refractivity contribution is -0.123. The third kappa shape index (κ3) is 1.80. The minimum absolute atomic E-state index is 0.163. The van der Waals surface area contributed by atoms with Crippen LogP contribution in [0.15, 0.2) is 47.6 Å². The Hall–Kier alpha value is -2.23. The third-order valence-electron chi connectivity index (χ3n) is 3.43. The summed E-state index contributed by atoms with van der Waals surface area (Å²) in [5.41, 5.74) is 0.963. The van der Waals surface area contributed by atoms with Crippen molar-refractivity contribution in [1.82, 2.24) is 4.90 Å². The summed E-state index contributed by atoms with van der Waals surface area (Å²) in [6.45, 7) is 3.65. The zero-order valence-electron chi connectivity index (χ0n) is 10.7. The average Bonchev–Trinajstić information content (AvgIpc) is 2.60. The molecule has 19 heavy (non-hydrogen) atoms. The molecule has 0 atom stereocenters. The molecule has 3 rings (SSSR count). The number of rotatable bonds is 1. The second-order valence-electron chi connectivity index (χ2n) is 5.13. The zero-order chi connectivity index (χ0) is 13.6. The molecule has 3 nitrogen and oxygen atoms in total. The van der Waals surface area contributed by atoms with E-state index in [2.05, 4.69) is 4.99 Å². The van der Waals surface area contributed by atoms with Gasteiger partial charge >= 0.3 is 0 Å². The normalized spacial score (nSPS) is 20.2. The molecular weight excluding hydrogens is 243 g/mol. The van der Waals surface area contributed by atoms with Gasteiger partial charge in [0, 0.05) is 6.20 Å². The monoisotopic (exact) mass is 256 g/mol. The van der Waals surface area contributed by atoms with E-state index in [1.165, 1.54) is 12.1 Å². The number of fused-ring (bicyclic) bond motifs is 1. The Bertz CT molecular complexity index is 656. The van der Waals surface area contributed by atoms with Gasteiger partial charge in [-0.2, -0.15) is 4.99 Å². The summed E-state index contributed by atoms with van der Waals surface area (Å²) in [4.78, 5) is 17.6. The second-order valence-corrected chi connectivity index (χ2v) is 5.13. The minimum Gasteiger partial charge on any atom is -0.318 e. The average molecular weight is 256 g/mol. The van der Waals surface area contributed by atoms with Gasteiger partial charge in [-0.3, -0.25) is 4.79 Å². The standard InChI is InChI=1S/C15H13FN2O/c1-15(2)14(19)17-13-7-6-11(9-18(13)15)10-4-3-5-12(16)8-10/h3-9H,1-2H3.